The molecule has 80 heavy (non-hydrogen) atoms. The molecule has 0 aromatic carbocycles. The molecule has 0 aliphatic carbocycles. The van der Waals surface area contributed by atoms with E-state index >= 15 is 0 Å². The molecule has 0 aromatic rings. The normalized spacial score (nSPS) is 19.3. The number of ether oxygens (including phenoxy) is 3. The van der Waals surface area contributed by atoms with Crippen LogP contribution >= 0.6 is 0 Å². The third-order valence-corrected chi connectivity index (χ3v) is 15.0. The quantitative estimate of drug-likeness (QED) is 0.0195. The number of hydrogen-bond donors (Lipinski definition) is 6. The van der Waals surface area contributed by atoms with Gasteiger partial charge < -0.3 is 45.1 Å². The van der Waals surface area contributed by atoms with Crippen molar-refractivity contribution in [3.8, 4) is 0 Å². The minimum atomic E-state index is -1.62. The third kappa shape index (κ3) is 43.5. The average molecular weight is 1120 g/mol. The number of aliphatic hydroxyl groups is 5. The van der Waals surface area contributed by atoms with Crippen LogP contribution in [0.5, 0.6) is 0 Å². The van der Waals surface area contributed by atoms with Crippen LogP contribution in [0.15, 0.2) is 85.1 Å². The molecule has 1 heterocycles. The minimum Gasteiger partial charge on any atom is -0.454 e. The van der Waals surface area contributed by atoms with Gasteiger partial charge in [0.1, 0.15) is 24.4 Å². The van der Waals surface area contributed by atoms with Crippen LogP contribution in [-0.4, -0.2) is 99.6 Å². The Morgan fingerprint density at radius 3 is 1.36 bits per heavy atom. The number of aliphatic hydroxyl groups excluding tert-OH is 5. The van der Waals surface area contributed by atoms with Gasteiger partial charge in [-0.15, -0.1) is 0 Å². The monoisotopic (exact) mass is 1120 g/mol. The maximum atomic E-state index is 13.5. The Hall–Kier alpha value is -3.16. The molecule has 0 spiro atoms. The number of carbonyl (C=O) groups excluding carboxylic acids is 2. The number of nitrogens with one attached hydrogen (secondary N) is 1. The summed E-state index contributed by atoms with van der Waals surface area (Å²) < 4.78 is 17.6. The van der Waals surface area contributed by atoms with E-state index < -0.39 is 67.4 Å². The zero-order valence-electron chi connectivity index (χ0n) is 51.2. The molecule has 11 heteroatoms. The number of amides is 1. The van der Waals surface area contributed by atoms with Crippen LogP contribution in [0.3, 0.4) is 0 Å². The molecule has 1 aliphatic heterocycles. The fourth-order valence-corrected chi connectivity index (χ4v) is 9.85. The van der Waals surface area contributed by atoms with Gasteiger partial charge >= 0.3 is 5.97 Å². The summed E-state index contributed by atoms with van der Waals surface area (Å²) in [6.45, 7) is 5.67. The molecule has 1 aliphatic rings. The lowest BCUT2D eigenvalue weighted by Crippen LogP contribution is -2.61. The summed E-state index contributed by atoms with van der Waals surface area (Å²) in [4.78, 5) is 26.6. The molecule has 0 saturated carbocycles. The molecular weight excluding hydrogens is 1000 g/mol. The second-order valence-electron chi connectivity index (χ2n) is 22.5. The number of allylic oxidation sites excluding steroid dienone is 13. The van der Waals surface area contributed by atoms with Crippen molar-refractivity contribution in [1.29, 1.82) is 0 Å². The molecule has 8 unspecified atom stereocenters. The molecular formula is C69H121NO10. The van der Waals surface area contributed by atoms with Crippen LogP contribution in [0.2, 0.25) is 0 Å². The van der Waals surface area contributed by atoms with Gasteiger partial charge in [0, 0.05) is 6.42 Å². The molecule has 1 fully saturated rings. The Morgan fingerprint density at radius 1 is 0.500 bits per heavy atom. The standard InChI is InChI=1S/C69H121NO10/c1-4-7-10-13-16-19-22-25-27-28-29-30-31-32-33-34-35-36-38-41-44-47-50-53-56-62(73)68(77)70-60(61(72)55-52-49-46-43-40-37-24-21-18-15-12-9-6-3)59-78-69-67(66(76)65(75)63(58-71)79-69)80-64(74)57-54-51-48-45-42-39-26-23-20-17-14-11-8-5-2/h7,10,16,19,25,27,29-30,32-33,39,42,52,55,60-63,65-67,69,71-73,75-76H,4-6,8-9,11-15,17-18,20-24,26,28,31,34-38,40-41,43-51,53-54,56-59H2,1-3H3,(H,70,77)/b10-7-,19-16-,27-25-,30-29-,33-32-,42-39-,55-52+. The molecule has 1 amide bonds. The smallest absolute Gasteiger partial charge is 0.306 e. The molecule has 11 nitrogen and oxygen atoms in total. The lowest BCUT2D eigenvalue weighted by Gasteiger charge is -2.41. The van der Waals surface area contributed by atoms with Gasteiger partial charge in [-0.3, -0.25) is 9.59 Å². The van der Waals surface area contributed by atoms with E-state index in [1.807, 2.05) is 6.08 Å². The fourth-order valence-electron chi connectivity index (χ4n) is 9.85. The Kier molecular flexibility index (Phi) is 52.7. The first-order valence-corrected chi connectivity index (χ1v) is 32.9. The van der Waals surface area contributed by atoms with Gasteiger partial charge in [-0.05, 0) is 96.3 Å². The zero-order chi connectivity index (χ0) is 58.2. The second kappa shape index (κ2) is 56.3. The SMILES string of the molecule is CC/C=C\C/C=C\C/C=C\C/C=C\C/C=C\CCCCCCCCCCC(O)C(=O)NC(COC1OC(CO)C(O)C(O)C1OC(=O)CCCCC/C=C\CCCCCCCCC)C(O)/C=C/CCCCCCCCCCCCC. The van der Waals surface area contributed by atoms with Crippen LogP contribution < -0.4 is 5.32 Å². The number of carbonyl (C=O) groups is 2. The van der Waals surface area contributed by atoms with E-state index in [1.165, 1.54) is 128 Å². The van der Waals surface area contributed by atoms with E-state index in [9.17, 15) is 35.1 Å². The van der Waals surface area contributed by atoms with Crippen LogP contribution in [0.25, 0.3) is 0 Å². The average Bonchev–Trinajstić information content (AvgIpc) is 3.51. The van der Waals surface area contributed by atoms with Crippen molar-refractivity contribution >= 4 is 11.9 Å². The van der Waals surface area contributed by atoms with Crippen molar-refractivity contribution in [3.05, 3.63) is 85.1 Å². The summed E-state index contributed by atoms with van der Waals surface area (Å²) in [5.41, 5.74) is 0. The Balaban J connectivity index is 2.65. The van der Waals surface area contributed by atoms with E-state index in [2.05, 4.69) is 99.0 Å². The van der Waals surface area contributed by atoms with E-state index in [4.69, 9.17) is 14.2 Å². The zero-order valence-corrected chi connectivity index (χ0v) is 51.2. The molecule has 0 aromatic heterocycles. The molecule has 0 radical (unpaired) electrons. The van der Waals surface area contributed by atoms with Crippen LogP contribution in [0.1, 0.15) is 278 Å². The van der Waals surface area contributed by atoms with Gasteiger partial charge in [0.05, 0.1) is 25.4 Å². The van der Waals surface area contributed by atoms with Crippen molar-refractivity contribution in [2.45, 2.75) is 327 Å². The van der Waals surface area contributed by atoms with Crippen molar-refractivity contribution in [3.63, 3.8) is 0 Å². The predicted octanol–water partition coefficient (Wildman–Crippen LogP) is 16.1. The van der Waals surface area contributed by atoms with E-state index in [1.54, 1.807) is 6.08 Å². The molecule has 6 N–H and O–H groups in total. The fraction of sp³-hybridized carbons (Fsp3) is 0.768. The number of esters is 1. The Morgan fingerprint density at radius 2 is 0.900 bits per heavy atom. The lowest BCUT2D eigenvalue weighted by molar-refractivity contribution is -0.305. The van der Waals surface area contributed by atoms with Gasteiger partial charge in [0.2, 0.25) is 5.91 Å². The Labute approximate surface area is 489 Å². The highest BCUT2D eigenvalue weighted by atomic mass is 16.7. The highest BCUT2D eigenvalue weighted by molar-refractivity contribution is 5.80. The summed E-state index contributed by atoms with van der Waals surface area (Å²) in [6.07, 6.45) is 63.3. The first kappa shape index (κ1) is 74.9. The number of hydrogen-bond acceptors (Lipinski definition) is 10. The molecule has 1 saturated heterocycles. The lowest BCUT2D eigenvalue weighted by atomic mass is 9.99. The third-order valence-electron chi connectivity index (χ3n) is 15.0. The summed E-state index contributed by atoms with van der Waals surface area (Å²) in [6, 6.07) is -1.03. The van der Waals surface area contributed by atoms with Crippen LogP contribution in [0.4, 0.5) is 0 Å². The Bertz CT molecular complexity index is 1620. The van der Waals surface area contributed by atoms with Gasteiger partial charge in [0.15, 0.2) is 12.4 Å². The van der Waals surface area contributed by atoms with Gasteiger partial charge in [0.25, 0.3) is 0 Å². The number of unbranched alkanes of at least 4 members (excludes halogenated alkanes) is 29. The maximum Gasteiger partial charge on any atom is 0.306 e. The summed E-state index contributed by atoms with van der Waals surface area (Å²) in [5, 5.41) is 57.1. The van der Waals surface area contributed by atoms with Gasteiger partial charge in [-0.2, -0.15) is 0 Å². The van der Waals surface area contributed by atoms with E-state index in [0.29, 0.717) is 12.8 Å². The van der Waals surface area contributed by atoms with Crippen molar-refractivity contribution in [2.75, 3.05) is 13.2 Å². The highest BCUT2D eigenvalue weighted by Gasteiger charge is 2.47. The van der Waals surface area contributed by atoms with Crippen LogP contribution in [-0.2, 0) is 23.8 Å². The van der Waals surface area contributed by atoms with Crippen molar-refractivity contribution < 1.29 is 49.3 Å². The molecule has 0 bridgehead atoms. The van der Waals surface area contributed by atoms with Crippen LogP contribution in [0, 0.1) is 0 Å². The van der Waals surface area contributed by atoms with Gasteiger partial charge in [-0.25, -0.2) is 0 Å². The highest BCUT2D eigenvalue weighted by Crippen LogP contribution is 2.26. The first-order chi connectivity index (χ1) is 39.2. The van der Waals surface area contributed by atoms with Crippen molar-refractivity contribution in [2.24, 2.45) is 0 Å². The first-order valence-electron chi connectivity index (χ1n) is 32.9. The van der Waals surface area contributed by atoms with E-state index in [0.717, 1.165) is 103 Å². The van der Waals surface area contributed by atoms with Crippen molar-refractivity contribution in [1.82, 2.24) is 5.32 Å². The second-order valence-corrected chi connectivity index (χ2v) is 22.5. The van der Waals surface area contributed by atoms with Gasteiger partial charge in [-0.1, -0.05) is 260 Å². The summed E-state index contributed by atoms with van der Waals surface area (Å²) >= 11 is 0. The van der Waals surface area contributed by atoms with E-state index in [-0.39, 0.29) is 19.4 Å². The molecule has 8 atom stereocenters. The largest absolute Gasteiger partial charge is 0.454 e. The number of rotatable bonds is 55. The minimum absolute atomic E-state index is 0.101. The summed E-state index contributed by atoms with van der Waals surface area (Å²) in [7, 11) is 0. The summed E-state index contributed by atoms with van der Waals surface area (Å²) in [5.74, 6) is -1.22. The maximum absolute atomic E-state index is 13.5. The molecule has 1 rings (SSSR count). The topological polar surface area (TPSA) is 175 Å². The molecule has 462 valence electrons. The predicted molar refractivity (Wildman–Crippen MR) is 333 cm³/mol.